The van der Waals surface area contributed by atoms with Crippen LogP contribution in [0.25, 0.3) is 10.8 Å². The third-order valence-corrected chi connectivity index (χ3v) is 3.47. The summed E-state index contributed by atoms with van der Waals surface area (Å²) in [5.74, 6) is -0.936. The Balaban J connectivity index is 2.41. The molecule has 0 bridgehead atoms. The van der Waals surface area contributed by atoms with E-state index in [1.165, 1.54) is 18.5 Å². The summed E-state index contributed by atoms with van der Waals surface area (Å²) in [4.78, 5) is 25.8. The average Bonchev–Trinajstić information content (AvgIpc) is 2.50. The number of aliphatic carboxylic acids is 1. The number of aromatic nitrogens is 1. The van der Waals surface area contributed by atoms with Crippen molar-refractivity contribution in [2.45, 2.75) is 32.2 Å². The molecule has 0 aliphatic rings. The maximum absolute atomic E-state index is 11.3. The number of fused-ring (bicyclic) bond motifs is 1. The number of nitrogens with one attached hydrogen (secondary N) is 1. The van der Waals surface area contributed by atoms with Crippen LogP contribution in [0.15, 0.2) is 30.6 Å². The summed E-state index contributed by atoms with van der Waals surface area (Å²) in [5.41, 5.74) is 0.514. The molecule has 0 aliphatic carbocycles. The van der Waals surface area contributed by atoms with Crippen molar-refractivity contribution in [2.75, 3.05) is 5.32 Å². The maximum Gasteiger partial charge on any atom is 0.326 e. The molecule has 2 rings (SSSR count). The molecule has 2 aromatic rings. The van der Waals surface area contributed by atoms with Crippen molar-refractivity contribution in [3.63, 3.8) is 0 Å². The molecule has 1 heterocycles. The second kappa shape index (κ2) is 6.84. The predicted molar refractivity (Wildman–Crippen MR) is 83.0 cm³/mol. The number of nitrogens with zero attached hydrogens (tertiary/aromatic N) is 2. The number of unbranched alkanes of at least 4 members (excludes halogenated alkanes) is 1. The molecular formula is C15H17N3O4. The Bertz CT molecular complexity index is 702. The number of hydrogen-bond donors (Lipinski definition) is 2. The first-order valence-electron chi connectivity index (χ1n) is 7.05. The van der Waals surface area contributed by atoms with Crippen molar-refractivity contribution in [3.05, 3.63) is 40.7 Å². The SMILES string of the molecule is CCCC[C@H](Nc1ccc([N+](=O)[O-])c2cnccc12)C(=O)O. The lowest BCUT2D eigenvalue weighted by Crippen LogP contribution is -2.29. The highest BCUT2D eigenvalue weighted by Crippen LogP contribution is 2.31. The van der Waals surface area contributed by atoms with Crippen LogP contribution in [-0.2, 0) is 4.79 Å². The van der Waals surface area contributed by atoms with Crippen molar-refractivity contribution >= 4 is 28.1 Å². The second-order valence-corrected chi connectivity index (χ2v) is 4.99. The normalized spacial score (nSPS) is 12.0. The molecule has 22 heavy (non-hydrogen) atoms. The number of rotatable bonds is 7. The standard InChI is InChI=1S/C15H17N3O4/c1-2-3-4-13(15(19)20)17-12-5-6-14(18(21)22)11-9-16-8-7-10(11)12/h5-9,13,17H,2-4H2,1H3,(H,19,20)/t13-/m0/s1. The lowest BCUT2D eigenvalue weighted by molar-refractivity contribution is -0.383. The number of nitro benzene ring substituents is 1. The zero-order valence-electron chi connectivity index (χ0n) is 12.2. The van der Waals surface area contributed by atoms with E-state index in [4.69, 9.17) is 0 Å². The number of benzene rings is 1. The van der Waals surface area contributed by atoms with Crippen LogP contribution in [0.3, 0.4) is 0 Å². The highest BCUT2D eigenvalue weighted by Gasteiger charge is 2.20. The Labute approximate surface area is 127 Å². The topological polar surface area (TPSA) is 105 Å². The lowest BCUT2D eigenvalue weighted by Gasteiger charge is -2.17. The molecule has 1 atom stereocenters. The summed E-state index contributed by atoms with van der Waals surface area (Å²) in [6, 6.07) is 3.83. The van der Waals surface area contributed by atoms with Crippen LogP contribution in [-0.4, -0.2) is 27.0 Å². The van der Waals surface area contributed by atoms with E-state index >= 15 is 0 Å². The van der Waals surface area contributed by atoms with Crippen molar-refractivity contribution in [1.29, 1.82) is 0 Å². The fourth-order valence-corrected chi connectivity index (χ4v) is 2.31. The number of carboxylic acids is 1. The molecule has 0 saturated carbocycles. The molecule has 0 fully saturated rings. The molecular weight excluding hydrogens is 286 g/mol. The number of non-ortho nitro benzene ring substituents is 1. The minimum absolute atomic E-state index is 0.0471. The van der Waals surface area contributed by atoms with Gasteiger partial charge in [0.2, 0.25) is 0 Å². The first-order chi connectivity index (χ1) is 10.5. The molecule has 0 spiro atoms. The summed E-state index contributed by atoms with van der Waals surface area (Å²) < 4.78 is 0. The van der Waals surface area contributed by atoms with Crippen molar-refractivity contribution in [1.82, 2.24) is 4.98 Å². The van der Waals surface area contributed by atoms with E-state index in [0.717, 1.165) is 12.8 Å². The molecule has 7 nitrogen and oxygen atoms in total. The maximum atomic E-state index is 11.3. The van der Waals surface area contributed by atoms with Gasteiger partial charge in [0.1, 0.15) is 6.04 Å². The van der Waals surface area contributed by atoms with Gasteiger partial charge in [-0.1, -0.05) is 19.8 Å². The van der Waals surface area contributed by atoms with Gasteiger partial charge in [-0.2, -0.15) is 0 Å². The van der Waals surface area contributed by atoms with Gasteiger partial charge in [-0.25, -0.2) is 4.79 Å². The largest absolute Gasteiger partial charge is 0.480 e. The zero-order valence-corrected chi connectivity index (χ0v) is 12.2. The van der Waals surface area contributed by atoms with Crippen LogP contribution in [0.5, 0.6) is 0 Å². The van der Waals surface area contributed by atoms with Crippen molar-refractivity contribution < 1.29 is 14.8 Å². The Morgan fingerprint density at radius 1 is 1.41 bits per heavy atom. The highest BCUT2D eigenvalue weighted by molar-refractivity contribution is 6.00. The first kappa shape index (κ1) is 15.7. The van der Waals surface area contributed by atoms with Crippen LogP contribution in [0.2, 0.25) is 0 Å². The summed E-state index contributed by atoms with van der Waals surface area (Å²) in [6.07, 6.45) is 5.13. The fourth-order valence-electron chi connectivity index (χ4n) is 2.31. The van der Waals surface area contributed by atoms with Gasteiger partial charge in [0, 0.05) is 29.5 Å². The van der Waals surface area contributed by atoms with Gasteiger partial charge in [-0.15, -0.1) is 0 Å². The molecule has 1 aromatic carbocycles. The Morgan fingerprint density at radius 2 is 2.18 bits per heavy atom. The number of hydrogen-bond acceptors (Lipinski definition) is 5. The predicted octanol–water partition coefficient (Wildman–Crippen LogP) is 3.20. The molecule has 0 unspecified atom stereocenters. The van der Waals surface area contributed by atoms with E-state index in [-0.39, 0.29) is 5.69 Å². The van der Waals surface area contributed by atoms with Crippen molar-refractivity contribution in [2.24, 2.45) is 0 Å². The summed E-state index contributed by atoms with van der Waals surface area (Å²) in [5, 5.41) is 24.3. The third-order valence-electron chi connectivity index (χ3n) is 3.47. The van der Waals surface area contributed by atoms with Crippen LogP contribution >= 0.6 is 0 Å². The Morgan fingerprint density at radius 3 is 2.82 bits per heavy atom. The molecule has 7 heteroatoms. The number of carboxylic acid groups (broad SMARTS) is 1. The van der Waals surface area contributed by atoms with E-state index in [2.05, 4.69) is 10.3 Å². The molecule has 0 aliphatic heterocycles. The number of anilines is 1. The smallest absolute Gasteiger partial charge is 0.326 e. The molecule has 116 valence electrons. The third kappa shape index (κ3) is 3.30. The quantitative estimate of drug-likeness (QED) is 0.601. The first-order valence-corrected chi connectivity index (χ1v) is 7.05. The van der Waals surface area contributed by atoms with E-state index < -0.39 is 16.9 Å². The highest BCUT2D eigenvalue weighted by atomic mass is 16.6. The van der Waals surface area contributed by atoms with Crippen LogP contribution in [0.1, 0.15) is 26.2 Å². The molecule has 1 aromatic heterocycles. The molecule has 0 radical (unpaired) electrons. The summed E-state index contributed by atoms with van der Waals surface area (Å²) in [6.45, 7) is 1.99. The van der Waals surface area contributed by atoms with Crippen LogP contribution in [0.4, 0.5) is 11.4 Å². The lowest BCUT2D eigenvalue weighted by atomic mass is 10.1. The van der Waals surface area contributed by atoms with Gasteiger partial charge in [0.05, 0.1) is 10.3 Å². The molecule has 2 N–H and O–H groups in total. The molecule has 0 saturated heterocycles. The van der Waals surface area contributed by atoms with Gasteiger partial charge in [-0.3, -0.25) is 15.1 Å². The van der Waals surface area contributed by atoms with Gasteiger partial charge in [0.25, 0.3) is 5.69 Å². The number of nitro groups is 1. The van der Waals surface area contributed by atoms with Crippen LogP contribution in [0, 0.1) is 10.1 Å². The van der Waals surface area contributed by atoms with Gasteiger partial charge >= 0.3 is 5.97 Å². The van der Waals surface area contributed by atoms with E-state index in [0.29, 0.717) is 22.9 Å². The monoisotopic (exact) mass is 303 g/mol. The van der Waals surface area contributed by atoms with Crippen LogP contribution < -0.4 is 5.32 Å². The Kier molecular flexibility index (Phi) is 4.88. The van der Waals surface area contributed by atoms with E-state index in [1.54, 1.807) is 12.1 Å². The summed E-state index contributed by atoms with van der Waals surface area (Å²) >= 11 is 0. The van der Waals surface area contributed by atoms with Gasteiger partial charge in [-0.05, 0) is 18.6 Å². The fraction of sp³-hybridized carbons (Fsp3) is 0.333. The van der Waals surface area contributed by atoms with Crippen molar-refractivity contribution in [3.8, 4) is 0 Å². The number of pyridine rings is 1. The molecule has 0 amide bonds. The van der Waals surface area contributed by atoms with E-state index in [1.807, 2.05) is 6.92 Å². The zero-order chi connectivity index (χ0) is 16.1. The van der Waals surface area contributed by atoms with E-state index in [9.17, 15) is 20.0 Å². The minimum atomic E-state index is -0.936. The summed E-state index contributed by atoms with van der Waals surface area (Å²) in [7, 11) is 0. The van der Waals surface area contributed by atoms with Gasteiger partial charge in [0.15, 0.2) is 0 Å². The number of carbonyl (C=O) groups is 1. The average molecular weight is 303 g/mol. The minimum Gasteiger partial charge on any atom is -0.480 e. The van der Waals surface area contributed by atoms with Gasteiger partial charge < -0.3 is 10.4 Å². The Hall–Kier alpha value is -2.70. The second-order valence-electron chi connectivity index (χ2n) is 4.99.